The Kier molecular flexibility index (Phi) is 0.907. The lowest BCUT2D eigenvalue weighted by molar-refractivity contribution is -0.129. The first kappa shape index (κ1) is 6.74. The summed E-state index contributed by atoms with van der Waals surface area (Å²) in [7, 11) is 0. The van der Waals surface area contributed by atoms with Crippen LogP contribution in [0, 0.1) is 35.5 Å². The molecule has 4 aliphatic carbocycles. The van der Waals surface area contributed by atoms with Crippen LogP contribution in [0.25, 0.3) is 0 Å². The monoisotopic (exact) mass is 176 g/mol. The van der Waals surface area contributed by atoms with Crippen LogP contribution in [0.2, 0.25) is 0 Å². The number of Topliss-reactive ketones (excluding diaryl/α,β-unsaturated/α-hetero) is 2. The van der Waals surface area contributed by atoms with Gasteiger partial charge in [-0.25, -0.2) is 0 Å². The predicted molar refractivity (Wildman–Crippen MR) is 44.8 cm³/mol. The van der Waals surface area contributed by atoms with Gasteiger partial charge in [-0.1, -0.05) is 0 Å². The molecule has 4 saturated carbocycles. The van der Waals surface area contributed by atoms with E-state index in [1.165, 1.54) is 6.42 Å². The molecule has 0 unspecified atom stereocenters. The first-order valence-electron chi connectivity index (χ1n) is 5.33. The SMILES string of the molecule is O=C1C[C@@H]2[C@H]3CC(=O)[C@H]4[C@@H]3C[C@@H]2[C@@H]14. The largest absolute Gasteiger partial charge is 0.299 e. The van der Waals surface area contributed by atoms with Crippen molar-refractivity contribution in [2.24, 2.45) is 35.5 Å². The van der Waals surface area contributed by atoms with Gasteiger partial charge < -0.3 is 0 Å². The minimum atomic E-state index is 0.182. The fraction of sp³-hybridized carbons (Fsp3) is 0.818. The molecule has 68 valence electrons. The van der Waals surface area contributed by atoms with Crippen LogP contribution in [-0.2, 0) is 9.59 Å². The Morgan fingerprint density at radius 1 is 0.769 bits per heavy atom. The van der Waals surface area contributed by atoms with E-state index in [-0.39, 0.29) is 11.8 Å². The highest BCUT2D eigenvalue weighted by Gasteiger charge is 2.69. The summed E-state index contributed by atoms with van der Waals surface area (Å²) in [5, 5.41) is 0. The summed E-state index contributed by atoms with van der Waals surface area (Å²) >= 11 is 0. The molecule has 0 aliphatic heterocycles. The second-order valence-corrected chi connectivity index (χ2v) is 5.28. The fourth-order valence-electron chi connectivity index (χ4n) is 4.88. The Hall–Kier alpha value is -0.660. The van der Waals surface area contributed by atoms with Gasteiger partial charge in [-0.2, -0.15) is 0 Å². The summed E-state index contributed by atoms with van der Waals surface area (Å²) in [6.45, 7) is 0. The molecular formula is C11H12O2. The topological polar surface area (TPSA) is 34.1 Å². The zero-order chi connectivity index (χ0) is 8.74. The van der Waals surface area contributed by atoms with Crippen molar-refractivity contribution < 1.29 is 9.59 Å². The number of fused-ring (bicyclic) bond motifs is 2. The minimum Gasteiger partial charge on any atom is -0.299 e. The second-order valence-electron chi connectivity index (χ2n) is 5.28. The summed E-state index contributed by atoms with van der Waals surface area (Å²) in [6.07, 6.45) is 2.81. The van der Waals surface area contributed by atoms with Crippen molar-refractivity contribution >= 4 is 11.6 Å². The molecule has 0 heterocycles. The van der Waals surface area contributed by atoms with Crippen molar-refractivity contribution in [3.63, 3.8) is 0 Å². The van der Waals surface area contributed by atoms with Gasteiger partial charge in [0.05, 0.1) is 0 Å². The van der Waals surface area contributed by atoms with Crippen molar-refractivity contribution in [1.82, 2.24) is 0 Å². The average Bonchev–Trinajstić information content (AvgIpc) is 2.67. The molecule has 2 heteroatoms. The van der Waals surface area contributed by atoms with E-state index < -0.39 is 0 Å². The van der Waals surface area contributed by atoms with Gasteiger partial charge in [0.25, 0.3) is 0 Å². The first-order valence-corrected chi connectivity index (χ1v) is 5.33. The van der Waals surface area contributed by atoms with Crippen molar-refractivity contribution in [1.29, 1.82) is 0 Å². The molecule has 0 N–H and O–H groups in total. The average molecular weight is 176 g/mol. The van der Waals surface area contributed by atoms with E-state index in [1.54, 1.807) is 0 Å². The first-order chi connectivity index (χ1) is 6.27. The second kappa shape index (κ2) is 1.75. The van der Waals surface area contributed by atoms with Gasteiger partial charge in [0, 0.05) is 24.7 Å². The molecule has 2 bridgehead atoms. The van der Waals surface area contributed by atoms with Crippen LogP contribution >= 0.6 is 0 Å². The van der Waals surface area contributed by atoms with Gasteiger partial charge in [-0.15, -0.1) is 0 Å². The Balaban J connectivity index is 1.94. The maximum Gasteiger partial charge on any atom is 0.137 e. The number of rotatable bonds is 0. The molecule has 0 aromatic rings. The van der Waals surface area contributed by atoms with Crippen molar-refractivity contribution in [2.75, 3.05) is 0 Å². The fourth-order valence-corrected chi connectivity index (χ4v) is 4.88. The van der Waals surface area contributed by atoms with Gasteiger partial charge in [-0.3, -0.25) is 9.59 Å². The number of ketones is 2. The molecule has 0 saturated heterocycles. The third-order valence-electron chi connectivity index (χ3n) is 5.12. The standard InChI is InChI=1S/C11H12O2/c12-8-2-4-5-3-9(13)11-7(5)1-6(4)10(8)11/h4-7,10-11H,1-3H2/t4-,5-,6-,7+,10-,11+/m1/s1. The van der Waals surface area contributed by atoms with Crippen molar-refractivity contribution in [3.8, 4) is 0 Å². The van der Waals surface area contributed by atoms with Crippen LogP contribution in [0.3, 0.4) is 0 Å². The van der Waals surface area contributed by atoms with E-state index in [0.29, 0.717) is 35.2 Å². The van der Waals surface area contributed by atoms with Gasteiger partial charge in [0.2, 0.25) is 0 Å². The zero-order valence-corrected chi connectivity index (χ0v) is 7.40. The number of carbonyl (C=O) groups excluding carboxylic acids is 2. The lowest BCUT2D eigenvalue weighted by atomic mass is 9.79. The van der Waals surface area contributed by atoms with Crippen LogP contribution < -0.4 is 0 Å². The number of carbonyl (C=O) groups is 2. The molecule has 6 atom stereocenters. The summed E-state index contributed by atoms with van der Waals surface area (Å²) in [4.78, 5) is 23.4. The molecule has 0 radical (unpaired) electrons. The highest BCUT2D eigenvalue weighted by atomic mass is 16.1. The lowest BCUT2D eigenvalue weighted by Gasteiger charge is -2.22. The maximum atomic E-state index is 11.7. The maximum absolute atomic E-state index is 11.7. The molecule has 4 aliphatic rings. The summed E-state index contributed by atoms with van der Waals surface area (Å²) < 4.78 is 0. The third-order valence-corrected chi connectivity index (χ3v) is 5.12. The van der Waals surface area contributed by atoms with Crippen LogP contribution in [0.1, 0.15) is 19.3 Å². The number of hydrogen-bond acceptors (Lipinski definition) is 2. The normalized spacial score (nSPS) is 61.2. The van der Waals surface area contributed by atoms with E-state index in [9.17, 15) is 9.59 Å². The lowest BCUT2D eigenvalue weighted by Crippen LogP contribution is -2.26. The highest BCUT2D eigenvalue weighted by molar-refractivity contribution is 5.96. The molecule has 2 nitrogen and oxygen atoms in total. The summed E-state index contributed by atoms with van der Waals surface area (Å²) in [5.41, 5.74) is 0. The Bertz CT molecular complexity index is 297. The van der Waals surface area contributed by atoms with Crippen molar-refractivity contribution in [2.45, 2.75) is 19.3 Å². The zero-order valence-electron chi connectivity index (χ0n) is 7.40. The van der Waals surface area contributed by atoms with Gasteiger partial charge in [-0.05, 0) is 30.1 Å². The number of hydrogen-bond donors (Lipinski definition) is 0. The molecule has 0 aromatic heterocycles. The van der Waals surface area contributed by atoms with Gasteiger partial charge in [0.1, 0.15) is 11.6 Å². The minimum absolute atomic E-state index is 0.182. The molecule has 0 spiro atoms. The summed E-state index contributed by atoms with van der Waals surface area (Å²) in [6, 6.07) is 0. The van der Waals surface area contributed by atoms with E-state index in [4.69, 9.17) is 0 Å². The van der Waals surface area contributed by atoms with Gasteiger partial charge >= 0.3 is 0 Å². The van der Waals surface area contributed by atoms with E-state index in [2.05, 4.69) is 0 Å². The molecular weight excluding hydrogens is 164 g/mol. The van der Waals surface area contributed by atoms with Crippen LogP contribution in [0.5, 0.6) is 0 Å². The molecule has 4 rings (SSSR count). The molecule has 13 heavy (non-hydrogen) atoms. The van der Waals surface area contributed by atoms with Crippen LogP contribution in [-0.4, -0.2) is 11.6 Å². The Labute approximate surface area is 76.7 Å². The van der Waals surface area contributed by atoms with E-state index in [0.717, 1.165) is 12.8 Å². The van der Waals surface area contributed by atoms with Crippen LogP contribution in [0.4, 0.5) is 0 Å². The quantitative estimate of drug-likeness (QED) is 0.552. The molecule has 0 aromatic carbocycles. The summed E-state index contributed by atoms with van der Waals surface area (Å²) in [5.74, 6) is 3.67. The third kappa shape index (κ3) is 0.527. The van der Waals surface area contributed by atoms with Crippen molar-refractivity contribution in [3.05, 3.63) is 0 Å². The van der Waals surface area contributed by atoms with Gasteiger partial charge in [0.15, 0.2) is 0 Å². The molecule has 4 fully saturated rings. The van der Waals surface area contributed by atoms with E-state index in [1.807, 2.05) is 0 Å². The molecule has 0 amide bonds. The highest BCUT2D eigenvalue weighted by Crippen LogP contribution is 2.68. The Morgan fingerprint density at radius 3 is 1.69 bits per heavy atom. The smallest absolute Gasteiger partial charge is 0.137 e. The Morgan fingerprint density at radius 2 is 1.23 bits per heavy atom. The van der Waals surface area contributed by atoms with Crippen LogP contribution in [0.15, 0.2) is 0 Å². The predicted octanol–water partition coefficient (Wildman–Crippen LogP) is 1.05. The van der Waals surface area contributed by atoms with E-state index >= 15 is 0 Å².